The van der Waals surface area contributed by atoms with Crippen LogP contribution in [0.15, 0.2) is 30.3 Å². The minimum Gasteiger partial charge on any atom is -0.342 e. The standard InChI is InChI=1S/C13H17NO3S/c1-11(15)14-8-7-13(18(16,17)10-9-14)12-5-3-2-4-6-12/h2-6,13H,7-10H2,1H3/t13-/m0/s1. The van der Waals surface area contributed by atoms with E-state index in [1.165, 1.54) is 6.92 Å². The van der Waals surface area contributed by atoms with Crippen LogP contribution in [-0.2, 0) is 14.6 Å². The van der Waals surface area contributed by atoms with Gasteiger partial charge in [0.2, 0.25) is 5.91 Å². The predicted molar refractivity (Wildman–Crippen MR) is 69.8 cm³/mol. The van der Waals surface area contributed by atoms with Gasteiger partial charge in [-0.05, 0) is 12.0 Å². The molecule has 1 atom stereocenters. The molecule has 1 aromatic rings. The fourth-order valence-corrected chi connectivity index (χ4v) is 4.10. The summed E-state index contributed by atoms with van der Waals surface area (Å²) in [5, 5.41) is -0.483. The van der Waals surface area contributed by atoms with Crippen molar-refractivity contribution in [2.24, 2.45) is 0 Å². The van der Waals surface area contributed by atoms with Crippen LogP contribution in [0, 0.1) is 0 Å². The minimum absolute atomic E-state index is 0.0478. The van der Waals surface area contributed by atoms with Crippen molar-refractivity contribution in [2.75, 3.05) is 18.8 Å². The Morgan fingerprint density at radius 3 is 2.50 bits per heavy atom. The number of carbonyl (C=O) groups excluding carboxylic acids is 1. The number of carbonyl (C=O) groups is 1. The summed E-state index contributed by atoms with van der Waals surface area (Å²) in [6.45, 7) is 2.30. The van der Waals surface area contributed by atoms with Gasteiger partial charge in [-0.3, -0.25) is 4.79 Å². The van der Waals surface area contributed by atoms with Gasteiger partial charge in [-0.2, -0.15) is 0 Å². The first-order valence-electron chi connectivity index (χ1n) is 6.03. The van der Waals surface area contributed by atoms with Gasteiger partial charge in [0.25, 0.3) is 0 Å². The van der Waals surface area contributed by atoms with Crippen molar-refractivity contribution >= 4 is 15.7 Å². The van der Waals surface area contributed by atoms with E-state index in [1.54, 1.807) is 4.90 Å². The molecule has 0 spiro atoms. The molecular formula is C13H17NO3S. The monoisotopic (exact) mass is 267 g/mol. The van der Waals surface area contributed by atoms with Gasteiger partial charge in [-0.25, -0.2) is 8.42 Å². The highest BCUT2D eigenvalue weighted by atomic mass is 32.2. The van der Waals surface area contributed by atoms with Crippen molar-refractivity contribution in [1.29, 1.82) is 0 Å². The van der Waals surface area contributed by atoms with Crippen LogP contribution in [0.3, 0.4) is 0 Å². The number of benzene rings is 1. The molecule has 1 aliphatic heterocycles. The van der Waals surface area contributed by atoms with Gasteiger partial charge in [0.15, 0.2) is 9.84 Å². The number of hydrogen-bond donors (Lipinski definition) is 0. The molecule has 5 heteroatoms. The summed E-state index contributed by atoms with van der Waals surface area (Å²) >= 11 is 0. The lowest BCUT2D eigenvalue weighted by molar-refractivity contribution is -0.128. The molecular weight excluding hydrogens is 250 g/mol. The number of sulfone groups is 1. The lowest BCUT2D eigenvalue weighted by Crippen LogP contribution is -2.31. The molecule has 1 heterocycles. The maximum absolute atomic E-state index is 12.2. The Morgan fingerprint density at radius 2 is 1.89 bits per heavy atom. The quantitative estimate of drug-likeness (QED) is 0.772. The summed E-state index contributed by atoms with van der Waals surface area (Å²) in [6.07, 6.45) is 0.478. The van der Waals surface area contributed by atoms with E-state index < -0.39 is 15.1 Å². The van der Waals surface area contributed by atoms with Crippen molar-refractivity contribution < 1.29 is 13.2 Å². The number of amides is 1. The van der Waals surface area contributed by atoms with Crippen LogP contribution in [0.4, 0.5) is 0 Å². The van der Waals surface area contributed by atoms with Crippen molar-refractivity contribution in [3.05, 3.63) is 35.9 Å². The maximum atomic E-state index is 12.2. The first-order valence-corrected chi connectivity index (χ1v) is 7.74. The molecule has 1 aliphatic rings. The molecule has 98 valence electrons. The summed E-state index contributed by atoms with van der Waals surface area (Å²) in [7, 11) is -3.17. The Labute approximate surface area is 108 Å². The van der Waals surface area contributed by atoms with Gasteiger partial charge in [0, 0.05) is 20.0 Å². The zero-order valence-corrected chi connectivity index (χ0v) is 11.2. The molecule has 18 heavy (non-hydrogen) atoms. The van der Waals surface area contributed by atoms with Crippen molar-refractivity contribution in [3.63, 3.8) is 0 Å². The molecule has 0 N–H and O–H groups in total. The topological polar surface area (TPSA) is 54.5 Å². The third kappa shape index (κ3) is 2.72. The van der Waals surface area contributed by atoms with Crippen LogP contribution >= 0.6 is 0 Å². The third-order valence-electron chi connectivity index (χ3n) is 3.36. The Balaban J connectivity index is 2.28. The zero-order valence-electron chi connectivity index (χ0n) is 10.4. The second kappa shape index (κ2) is 5.10. The lowest BCUT2D eigenvalue weighted by atomic mass is 10.1. The largest absolute Gasteiger partial charge is 0.342 e. The zero-order chi connectivity index (χ0) is 13.2. The summed E-state index contributed by atoms with van der Waals surface area (Å²) in [6, 6.07) is 9.24. The third-order valence-corrected chi connectivity index (χ3v) is 5.48. The fraction of sp³-hybridized carbons (Fsp3) is 0.462. The van der Waals surface area contributed by atoms with Gasteiger partial charge in [-0.1, -0.05) is 30.3 Å². The minimum atomic E-state index is -3.17. The molecule has 2 rings (SSSR count). The molecule has 1 amide bonds. The number of rotatable bonds is 1. The van der Waals surface area contributed by atoms with E-state index in [1.807, 2.05) is 30.3 Å². The second-order valence-corrected chi connectivity index (χ2v) is 6.86. The van der Waals surface area contributed by atoms with E-state index in [-0.39, 0.29) is 11.7 Å². The average Bonchev–Trinajstić information content (AvgIpc) is 2.49. The fourth-order valence-electron chi connectivity index (χ4n) is 2.30. The first-order chi connectivity index (χ1) is 8.50. The summed E-state index contributed by atoms with van der Waals surface area (Å²) in [5.41, 5.74) is 0.822. The second-order valence-electron chi connectivity index (χ2n) is 4.56. The van der Waals surface area contributed by atoms with E-state index in [2.05, 4.69) is 0 Å². The van der Waals surface area contributed by atoms with Crippen LogP contribution in [0.2, 0.25) is 0 Å². The summed E-state index contributed by atoms with van der Waals surface area (Å²) in [4.78, 5) is 12.9. The first kappa shape index (κ1) is 13.1. The van der Waals surface area contributed by atoms with Crippen LogP contribution in [0.25, 0.3) is 0 Å². The van der Waals surface area contributed by atoms with Crippen LogP contribution in [0.1, 0.15) is 24.2 Å². The smallest absolute Gasteiger partial charge is 0.219 e. The molecule has 1 fully saturated rings. The van der Waals surface area contributed by atoms with Crippen molar-refractivity contribution in [1.82, 2.24) is 4.90 Å². The van der Waals surface area contributed by atoms with E-state index in [4.69, 9.17) is 0 Å². The van der Waals surface area contributed by atoms with E-state index >= 15 is 0 Å². The van der Waals surface area contributed by atoms with Crippen LogP contribution in [-0.4, -0.2) is 38.1 Å². The summed E-state index contributed by atoms with van der Waals surface area (Å²) < 4.78 is 24.5. The normalized spacial score (nSPS) is 23.4. The Morgan fingerprint density at radius 1 is 1.22 bits per heavy atom. The average molecular weight is 267 g/mol. The predicted octanol–water partition coefficient (Wildman–Crippen LogP) is 1.39. The highest BCUT2D eigenvalue weighted by molar-refractivity contribution is 7.91. The molecule has 1 saturated heterocycles. The van der Waals surface area contributed by atoms with Gasteiger partial charge < -0.3 is 4.90 Å². The molecule has 0 saturated carbocycles. The van der Waals surface area contributed by atoms with Gasteiger partial charge in [0.05, 0.1) is 11.0 Å². The van der Waals surface area contributed by atoms with Crippen LogP contribution < -0.4 is 0 Å². The lowest BCUT2D eigenvalue weighted by Gasteiger charge is -2.17. The van der Waals surface area contributed by atoms with Crippen LogP contribution in [0.5, 0.6) is 0 Å². The molecule has 0 bridgehead atoms. The van der Waals surface area contributed by atoms with Crippen molar-refractivity contribution in [3.8, 4) is 0 Å². The molecule has 0 aromatic heterocycles. The van der Waals surface area contributed by atoms with Gasteiger partial charge >= 0.3 is 0 Å². The SMILES string of the molecule is CC(=O)N1CC[C@@H](c2ccccc2)S(=O)(=O)CC1. The molecule has 0 radical (unpaired) electrons. The number of hydrogen-bond acceptors (Lipinski definition) is 3. The maximum Gasteiger partial charge on any atom is 0.219 e. The highest BCUT2D eigenvalue weighted by Crippen LogP contribution is 2.29. The summed E-state index contributed by atoms with van der Waals surface area (Å²) in [5.74, 6) is -0.00880. The van der Waals surface area contributed by atoms with E-state index in [0.717, 1.165) is 5.56 Å². The molecule has 0 aliphatic carbocycles. The van der Waals surface area contributed by atoms with Crippen molar-refractivity contribution in [2.45, 2.75) is 18.6 Å². The molecule has 4 nitrogen and oxygen atoms in total. The Bertz CT molecular complexity index is 524. The molecule has 1 aromatic carbocycles. The van der Waals surface area contributed by atoms with E-state index in [0.29, 0.717) is 19.5 Å². The van der Waals surface area contributed by atoms with Gasteiger partial charge in [0.1, 0.15) is 0 Å². The van der Waals surface area contributed by atoms with Gasteiger partial charge in [-0.15, -0.1) is 0 Å². The van der Waals surface area contributed by atoms with E-state index in [9.17, 15) is 13.2 Å². The number of nitrogens with zero attached hydrogens (tertiary/aromatic N) is 1. The Hall–Kier alpha value is -1.36. The molecule has 0 unspecified atom stereocenters. The highest BCUT2D eigenvalue weighted by Gasteiger charge is 2.31. The Kier molecular flexibility index (Phi) is 3.71.